The van der Waals surface area contributed by atoms with Gasteiger partial charge in [0.2, 0.25) is 0 Å². The summed E-state index contributed by atoms with van der Waals surface area (Å²) in [6, 6.07) is 5.72. The molecular weight excluding hydrogens is 471 g/mol. The van der Waals surface area contributed by atoms with Crippen molar-refractivity contribution in [1.29, 1.82) is 0 Å². The molecule has 0 amide bonds. The van der Waals surface area contributed by atoms with E-state index in [1.165, 1.54) is 6.92 Å². The summed E-state index contributed by atoms with van der Waals surface area (Å²) in [5.74, 6) is 0.503. The molecule has 1 heterocycles. The Morgan fingerprint density at radius 2 is 1.85 bits per heavy atom. The zero-order chi connectivity index (χ0) is 24.6. The Bertz CT molecular complexity index is 910. The Balaban J connectivity index is 1.41. The summed E-state index contributed by atoms with van der Waals surface area (Å²) in [6.45, 7) is 12.6. The van der Waals surface area contributed by atoms with E-state index < -0.39 is 11.7 Å². The second kappa shape index (κ2) is 10.4. The average molecular weight is 508 g/mol. The van der Waals surface area contributed by atoms with Crippen molar-refractivity contribution in [3.63, 3.8) is 0 Å². The highest BCUT2D eigenvalue weighted by atomic mass is 35.5. The Morgan fingerprint density at radius 3 is 2.47 bits per heavy atom. The van der Waals surface area contributed by atoms with E-state index in [4.69, 9.17) is 27.9 Å². The summed E-state index contributed by atoms with van der Waals surface area (Å²) in [7, 11) is 0. The topological polar surface area (TPSA) is 53.0 Å². The molecule has 6 atom stereocenters. The first-order valence-corrected chi connectivity index (χ1v) is 13.1. The molecule has 7 heteroatoms. The van der Waals surface area contributed by atoms with E-state index in [9.17, 15) is 9.90 Å². The van der Waals surface area contributed by atoms with Crippen molar-refractivity contribution < 1.29 is 14.6 Å². The number of nitrogens with zero attached hydrogens (tertiary/aromatic N) is 2. The van der Waals surface area contributed by atoms with Crippen molar-refractivity contribution in [2.24, 2.45) is 23.7 Å². The third-order valence-corrected chi connectivity index (χ3v) is 8.45. The van der Waals surface area contributed by atoms with Gasteiger partial charge in [0.15, 0.2) is 0 Å². The Hall–Kier alpha value is -1.27. The van der Waals surface area contributed by atoms with Gasteiger partial charge in [-0.2, -0.15) is 0 Å². The second-order valence-corrected chi connectivity index (χ2v) is 11.3. The van der Waals surface area contributed by atoms with Crippen LogP contribution in [0.1, 0.15) is 40.5 Å². The average Bonchev–Trinajstić information content (AvgIpc) is 2.75. The van der Waals surface area contributed by atoms with Crippen molar-refractivity contribution in [2.75, 3.05) is 37.6 Å². The first kappa shape index (κ1) is 25.8. The second-order valence-electron chi connectivity index (χ2n) is 10.4. The predicted octanol–water partition coefficient (Wildman–Crippen LogP) is 5.12. The Morgan fingerprint density at radius 1 is 1.21 bits per heavy atom. The summed E-state index contributed by atoms with van der Waals surface area (Å²) in [5.41, 5.74) is 0.971. The molecule has 0 spiro atoms. The zero-order valence-corrected chi connectivity index (χ0v) is 22.1. The molecule has 5 nitrogen and oxygen atoms in total. The number of hydrogen-bond donors (Lipinski definition) is 1. The van der Waals surface area contributed by atoms with Crippen LogP contribution in [0.4, 0.5) is 5.69 Å². The first-order valence-electron chi connectivity index (χ1n) is 12.4. The Kier molecular flexibility index (Phi) is 7.88. The van der Waals surface area contributed by atoms with Gasteiger partial charge < -0.3 is 14.7 Å². The van der Waals surface area contributed by atoms with Crippen molar-refractivity contribution in [3.8, 4) is 0 Å². The van der Waals surface area contributed by atoms with Gasteiger partial charge in [0.1, 0.15) is 6.10 Å². The SMILES string of the molecule is CC(=O)O[C@@H]1[C][C@@]2(O)[C@H](C)CC[C@@H]([C@H](C)CN3CCN(c4cc(Cl)cc(Cl)c4)CC3)[C@H]2C=C1C. The maximum absolute atomic E-state index is 11.7. The summed E-state index contributed by atoms with van der Waals surface area (Å²) in [6.07, 6.45) is 6.90. The van der Waals surface area contributed by atoms with E-state index >= 15 is 0 Å². The lowest BCUT2D eigenvalue weighted by Gasteiger charge is -2.53. The van der Waals surface area contributed by atoms with E-state index in [1.54, 1.807) is 6.07 Å². The molecule has 2 fully saturated rings. The lowest BCUT2D eigenvalue weighted by atomic mass is 9.57. The van der Waals surface area contributed by atoms with Crippen LogP contribution in [0.2, 0.25) is 10.0 Å². The fraction of sp³-hybridized carbons (Fsp3) is 0.630. The number of benzene rings is 1. The van der Waals surface area contributed by atoms with Gasteiger partial charge in [-0.3, -0.25) is 9.69 Å². The van der Waals surface area contributed by atoms with Crippen LogP contribution in [-0.4, -0.2) is 60.4 Å². The van der Waals surface area contributed by atoms with Crippen molar-refractivity contribution in [1.82, 2.24) is 4.90 Å². The standard InChI is InChI=1S/C27H36Cl2N2O3/c1-17-11-25-24(6-5-19(3)27(25,33)15-26(17)34-20(4)32)18(2)16-30-7-9-31(10-8-30)23-13-21(28)12-22(29)14-23/h11-14,18-19,24-26,33H,5-10,16H2,1-4H3/t18-,19-,24+,25-,26-,27-/m1/s1. The number of fused-ring (bicyclic) bond motifs is 1. The van der Waals surface area contributed by atoms with E-state index in [1.807, 2.05) is 19.1 Å². The molecule has 186 valence electrons. The molecule has 2 aliphatic carbocycles. The van der Waals surface area contributed by atoms with E-state index in [0.29, 0.717) is 21.9 Å². The van der Waals surface area contributed by atoms with E-state index in [0.717, 1.165) is 56.8 Å². The van der Waals surface area contributed by atoms with Gasteiger partial charge in [-0.05, 0) is 61.3 Å². The van der Waals surface area contributed by atoms with Crippen LogP contribution in [0, 0.1) is 30.1 Å². The predicted molar refractivity (Wildman–Crippen MR) is 137 cm³/mol. The quantitative estimate of drug-likeness (QED) is 0.443. The number of hydrogen-bond acceptors (Lipinski definition) is 5. The van der Waals surface area contributed by atoms with Gasteiger partial charge in [0.25, 0.3) is 0 Å². The lowest BCUT2D eigenvalue weighted by molar-refractivity contribution is -0.148. The molecule has 1 saturated heterocycles. The van der Waals surface area contributed by atoms with Crippen molar-refractivity contribution >= 4 is 34.9 Å². The molecule has 4 rings (SSSR count). The number of aliphatic hydroxyl groups is 1. The summed E-state index contributed by atoms with van der Waals surface area (Å²) < 4.78 is 5.44. The number of esters is 1. The highest BCUT2D eigenvalue weighted by Crippen LogP contribution is 2.50. The van der Waals surface area contributed by atoms with Gasteiger partial charge in [0, 0.05) is 61.3 Å². The molecular formula is C27H36Cl2N2O3. The van der Waals surface area contributed by atoms with Gasteiger partial charge in [-0.25, -0.2) is 0 Å². The largest absolute Gasteiger partial charge is 0.457 e. The zero-order valence-electron chi connectivity index (χ0n) is 20.6. The number of rotatable bonds is 5. The molecule has 1 N–H and O–H groups in total. The summed E-state index contributed by atoms with van der Waals surface area (Å²) in [4.78, 5) is 16.4. The van der Waals surface area contributed by atoms with Gasteiger partial charge in [-0.1, -0.05) is 43.1 Å². The highest BCUT2D eigenvalue weighted by molar-refractivity contribution is 6.35. The molecule has 1 aromatic rings. The summed E-state index contributed by atoms with van der Waals surface area (Å²) in [5, 5.41) is 13.0. The Labute approximate surface area is 214 Å². The van der Waals surface area contributed by atoms with Crippen molar-refractivity contribution in [2.45, 2.75) is 52.2 Å². The lowest BCUT2D eigenvalue weighted by Crippen LogP contribution is -2.57. The highest BCUT2D eigenvalue weighted by Gasteiger charge is 2.53. The van der Waals surface area contributed by atoms with E-state index in [2.05, 4.69) is 36.1 Å². The van der Waals surface area contributed by atoms with E-state index in [-0.39, 0.29) is 17.8 Å². The van der Waals surface area contributed by atoms with Gasteiger partial charge in [0.05, 0.1) is 12.0 Å². The maximum Gasteiger partial charge on any atom is 0.303 e. The molecule has 0 unspecified atom stereocenters. The first-order chi connectivity index (χ1) is 16.1. The summed E-state index contributed by atoms with van der Waals surface area (Å²) >= 11 is 12.4. The fourth-order valence-corrected chi connectivity index (χ4v) is 6.58. The van der Waals surface area contributed by atoms with Crippen LogP contribution in [0.25, 0.3) is 0 Å². The normalized spacial score (nSPS) is 33.1. The maximum atomic E-state index is 11.7. The molecule has 3 aliphatic rings. The minimum atomic E-state index is -1.07. The number of anilines is 1. The molecule has 34 heavy (non-hydrogen) atoms. The van der Waals surface area contributed by atoms with Crippen LogP contribution < -0.4 is 4.90 Å². The third-order valence-electron chi connectivity index (χ3n) is 8.02. The van der Waals surface area contributed by atoms with Gasteiger partial charge in [-0.15, -0.1) is 0 Å². The minimum Gasteiger partial charge on any atom is -0.457 e. The van der Waals surface area contributed by atoms with Crippen LogP contribution in [0.5, 0.6) is 0 Å². The van der Waals surface area contributed by atoms with Crippen molar-refractivity contribution in [3.05, 3.63) is 46.3 Å². The number of piperazine rings is 1. The number of carbonyl (C=O) groups is 1. The molecule has 1 aromatic carbocycles. The molecule has 2 radical (unpaired) electrons. The van der Waals surface area contributed by atoms with Crippen LogP contribution in [-0.2, 0) is 9.53 Å². The van der Waals surface area contributed by atoms with Crippen LogP contribution in [0.15, 0.2) is 29.8 Å². The van der Waals surface area contributed by atoms with Crippen LogP contribution >= 0.6 is 23.2 Å². The fourth-order valence-electron chi connectivity index (χ4n) is 6.06. The molecule has 0 aromatic heterocycles. The monoisotopic (exact) mass is 506 g/mol. The number of carbonyl (C=O) groups excluding carboxylic acids is 1. The smallest absolute Gasteiger partial charge is 0.303 e. The van der Waals surface area contributed by atoms with Gasteiger partial charge >= 0.3 is 5.97 Å². The van der Waals surface area contributed by atoms with Crippen LogP contribution in [0.3, 0.4) is 0 Å². The minimum absolute atomic E-state index is 0.00653. The number of ether oxygens (including phenoxy) is 1. The molecule has 1 saturated carbocycles. The third kappa shape index (κ3) is 5.43. The molecule has 1 aliphatic heterocycles. The molecule has 0 bridgehead atoms. The number of halogens is 2.